The van der Waals surface area contributed by atoms with Gasteiger partial charge < -0.3 is 10.2 Å². The maximum Gasteiger partial charge on any atom is 0.340 e. The lowest BCUT2D eigenvalue weighted by Crippen LogP contribution is -2.11. The number of carbonyl (C=O) groups excluding carboxylic acids is 1. The van der Waals surface area contributed by atoms with E-state index in [-0.39, 0.29) is 5.69 Å². The Balaban J connectivity index is 3.21. The Hall–Kier alpha value is -1.69. The number of rotatable bonds is 2. The number of nitrogens with two attached hydrogens (primary N) is 1. The summed E-state index contributed by atoms with van der Waals surface area (Å²) in [6.07, 6.45) is 0. The van der Waals surface area contributed by atoms with Gasteiger partial charge in [0, 0.05) is 6.07 Å². The molecule has 0 saturated carbocycles. The van der Waals surface area contributed by atoms with Crippen molar-refractivity contribution in [2.24, 2.45) is 5.84 Å². The van der Waals surface area contributed by atoms with Crippen LogP contribution in [0.5, 0.6) is 0 Å². The van der Waals surface area contributed by atoms with Crippen molar-refractivity contribution < 1.29 is 18.3 Å². The summed E-state index contributed by atoms with van der Waals surface area (Å²) in [4.78, 5) is 10.9. The van der Waals surface area contributed by atoms with E-state index in [1.54, 1.807) is 0 Å². The van der Waals surface area contributed by atoms with Crippen molar-refractivity contribution in [3.63, 3.8) is 0 Å². The summed E-state index contributed by atoms with van der Waals surface area (Å²) in [5.74, 6) is 2.24. The zero-order chi connectivity index (χ0) is 10.7. The van der Waals surface area contributed by atoms with E-state index in [4.69, 9.17) is 5.84 Å². The number of halogens is 2. The minimum Gasteiger partial charge on any atom is -0.465 e. The summed E-state index contributed by atoms with van der Waals surface area (Å²) in [7, 11) is 1.08. The first kappa shape index (κ1) is 10.4. The van der Waals surface area contributed by atoms with Crippen LogP contribution in [0.25, 0.3) is 0 Å². The highest BCUT2D eigenvalue weighted by molar-refractivity contribution is 5.90. The Labute approximate surface area is 78.6 Å². The Bertz CT molecular complexity index is 369. The Kier molecular flexibility index (Phi) is 2.98. The van der Waals surface area contributed by atoms with Crippen molar-refractivity contribution in [3.8, 4) is 0 Å². The van der Waals surface area contributed by atoms with E-state index < -0.39 is 23.2 Å². The van der Waals surface area contributed by atoms with Crippen LogP contribution in [-0.2, 0) is 4.74 Å². The van der Waals surface area contributed by atoms with Gasteiger partial charge in [-0.15, -0.1) is 0 Å². The highest BCUT2D eigenvalue weighted by Crippen LogP contribution is 2.18. The van der Waals surface area contributed by atoms with Crippen molar-refractivity contribution in [3.05, 3.63) is 29.3 Å². The summed E-state index contributed by atoms with van der Waals surface area (Å²) in [5.41, 5.74) is 1.26. The van der Waals surface area contributed by atoms with Crippen LogP contribution in [0.3, 0.4) is 0 Å². The van der Waals surface area contributed by atoms with Gasteiger partial charge in [0.1, 0.15) is 11.6 Å². The molecule has 0 atom stereocenters. The van der Waals surface area contributed by atoms with E-state index in [1.165, 1.54) is 0 Å². The second-order valence-electron chi connectivity index (χ2n) is 2.45. The molecular formula is C8H8F2N2O2. The molecule has 0 spiro atoms. The normalized spacial score (nSPS) is 9.71. The molecule has 0 fully saturated rings. The quantitative estimate of drug-likeness (QED) is 0.427. The largest absolute Gasteiger partial charge is 0.465 e. The van der Waals surface area contributed by atoms with Gasteiger partial charge in [0.05, 0.1) is 18.4 Å². The van der Waals surface area contributed by atoms with Crippen molar-refractivity contribution in [2.75, 3.05) is 12.5 Å². The molecule has 0 aromatic heterocycles. The summed E-state index contributed by atoms with van der Waals surface area (Å²) in [6.45, 7) is 0. The second kappa shape index (κ2) is 4.01. The SMILES string of the molecule is COC(=O)c1cc(F)c(NN)cc1F. The van der Waals surface area contributed by atoms with Crippen molar-refractivity contribution in [2.45, 2.75) is 0 Å². The predicted molar refractivity (Wildman–Crippen MR) is 45.5 cm³/mol. The van der Waals surface area contributed by atoms with Crippen LogP contribution in [0.4, 0.5) is 14.5 Å². The van der Waals surface area contributed by atoms with Crippen LogP contribution in [-0.4, -0.2) is 13.1 Å². The van der Waals surface area contributed by atoms with Gasteiger partial charge in [-0.25, -0.2) is 13.6 Å². The number of ether oxygens (including phenoxy) is 1. The van der Waals surface area contributed by atoms with E-state index in [0.29, 0.717) is 0 Å². The van der Waals surface area contributed by atoms with Crippen LogP contribution in [0.1, 0.15) is 10.4 Å². The highest BCUT2D eigenvalue weighted by Gasteiger charge is 2.15. The van der Waals surface area contributed by atoms with Crippen LogP contribution in [0, 0.1) is 11.6 Å². The monoisotopic (exact) mass is 202 g/mol. The minimum absolute atomic E-state index is 0.227. The van der Waals surface area contributed by atoms with Gasteiger partial charge in [0.25, 0.3) is 0 Å². The van der Waals surface area contributed by atoms with Gasteiger partial charge in [0.15, 0.2) is 0 Å². The first-order valence-corrected chi connectivity index (χ1v) is 3.64. The molecule has 0 unspecified atom stereocenters. The van der Waals surface area contributed by atoms with Crippen molar-refractivity contribution >= 4 is 11.7 Å². The van der Waals surface area contributed by atoms with Crippen molar-refractivity contribution in [1.29, 1.82) is 0 Å². The van der Waals surface area contributed by atoms with Gasteiger partial charge in [-0.1, -0.05) is 0 Å². The molecular weight excluding hydrogens is 194 g/mol. The first-order chi connectivity index (χ1) is 6.60. The van der Waals surface area contributed by atoms with Gasteiger partial charge >= 0.3 is 5.97 Å². The number of anilines is 1. The molecule has 0 radical (unpaired) electrons. The molecule has 76 valence electrons. The van der Waals surface area contributed by atoms with Crippen LogP contribution in [0.2, 0.25) is 0 Å². The van der Waals surface area contributed by atoms with E-state index >= 15 is 0 Å². The fourth-order valence-electron chi connectivity index (χ4n) is 0.924. The maximum atomic E-state index is 13.1. The molecule has 14 heavy (non-hydrogen) atoms. The number of hydrogen-bond acceptors (Lipinski definition) is 4. The molecule has 0 aliphatic rings. The Morgan fingerprint density at radius 3 is 2.57 bits per heavy atom. The molecule has 0 aliphatic carbocycles. The number of methoxy groups -OCH3 is 1. The third-order valence-electron chi connectivity index (χ3n) is 1.62. The van der Waals surface area contributed by atoms with Gasteiger partial charge in [-0.05, 0) is 6.07 Å². The maximum absolute atomic E-state index is 13.1. The number of hydrazine groups is 1. The summed E-state index contributed by atoms with van der Waals surface area (Å²) >= 11 is 0. The fourth-order valence-corrected chi connectivity index (χ4v) is 0.924. The molecule has 0 aliphatic heterocycles. The van der Waals surface area contributed by atoms with Gasteiger partial charge in [-0.2, -0.15) is 0 Å². The lowest BCUT2D eigenvalue weighted by atomic mass is 10.2. The van der Waals surface area contributed by atoms with Crippen LogP contribution >= 0.6 is 0 Å². The number of esters is 1. The molecule has 0 heterocycles. The number of benzene rings is 1. The average molecular weight is 202 g/mol. The molecule has 6 heteroatoms. The van der Waals surface area contributed by atoms with Gasteiger partial charge in [-0.3, -0.25) is 5.84 Å². The molecule has 1 aromatic carbocycles. The lowest BCUT2D eigenvalue weighted by Gasteiger charge is -2.05. The number of nitrogen functional groups attached to an aromatic ring is 1. The third kappa shape index (κ3) is 1.80. The average Bonchev–Trinajstić information content (AvgIpc) is 2.19. The first-order valence-electron chi connectivity index (χ1n) is 3.64. The third-order valence-corrected chi connectivity index (χ3v) is 1.62. The smallest absolute Gasteiger partial charge is 0.340 e. The molecule has 1 rings (SSSR count). The van der Waals surface area contributed by atoms with Crippen LogP contribution < -0.4 is 11.3 Å². The summed E-state index contributed by atoms with van der Waals surface area (Å²) < 4.78 is 30.3. The topological polar surface area (TPSA) is 64.3 Å². The number of nitrogens with one attached hydrogen (secondary N) is 1. The van der Waals surface area contributed by atoms with E-state index in [9.17, 15) is 13.6 Å². The zero-order valence-corrected chi connectivity index (χ0v) is 7.30. The zero-order valence-electron chi connectivity index (χ0n) is 7.30. The summed E-state index contributed by atoms with van der Waals surface area (Å²) in [6, 6.07) is 1.50. The number of carbonyl (C=O) groups is 1. The summed E-state index contributed by atoms with van der Waals surface area (Å²) in [5, 5.41) is 0. The molecule has 3 N–H and O–H groups in total. The second-order valence-corrected chi connectivity index (χ2v) is 2.45. The molecule has 0 saturated heterocycles. The predicted octanol–water partition coefficient (Wildman–Crippen LogP) is 1.04. The standard InChI is InChI=1S/C8H8F2N2O2/c1-14-8(13)4-2-6(10)7(12-11)3-5(4)9/h2-3,12H,11H2,1H3. The Morgan fingerprint density at radius 1 is 1.43 bits per heavy atom. The molecule has 1 aromatic rings. The van der Waals surface area contributed by atoms with Crippen molar-refractivity contribution in [1.82, 2.24) is 0 Å². The lowest BCUT2D eigenvalue weighted by molar-refractivity contribution is 0.0595. The molecule has 4 nitrogen and oxygen atoms in total. The van der Waals surface area contributed by atoms with E-state index in [0.717, 1.165) is 19.2 Å². The molecule has 0 amide bonds. The van der Waals surface area contributed by atoms with E-state index in [1.807, 2.05) is 5.43 Å². The minimum atomic E-state index is -0.940. The Morgan fingerprint density at radius 2 is 2.07 bits per heavy atom. The fraction of sp³-hybridized carbons (Fsp3) is 0.125. The van der Waals surface area contributed by atoms with Crippen LogP contribution in [0.15, 0.2) is 12.1 Å². The molecule has 0 bridgehead atoms. The van der Waals surface area contributed by atoms with E-state index in [2.05, 4.69) is 4.74 Å². The highest BCUT2D eigenvalue weighted by atomic mass is 19.1. The van der Waals surface area contributed by atoms with Gasteiger partial charge in [0.2, 0.25) is 0 Å². The number of hydrogen-bond donors (Lipinski definition) is 2.